The highest BCUT2D eigenvalue weighted by Gasteiger charge is 2.35. The number of nitrogen functional groups attached to an aromatic ring is 1. The monoisotopic (exact) mass is 388 g/mol. The molecular weight excluding hydrogens is 360 g/mol. The number of pyridine rings is 1. The van der Waals surface area contributed by atoms with Crippen molar-refractivity contribution in [1.82, 2.24) is 14.8 Å². The van der Waals surface area contributed by atoms with E-state index in [0.29, 0.717) is 10.6 Å². The zero-order chi connectivity index (χ0) is 19.9. The van der Waals surface area contributed by atoms with Gasteiger partial charge >= 0.3 is 0 Å². The molecule has 0 aromatic carbocycles. The minimum absolute atomic E-state index is 0.0220. The van der Waals surface area contributed by atoms with Gasteiger partial charge in [0, 0.05) is 31.4 Å². The Morgan fingerprint density at radius 1 is 1.26 bits per heavy atom. The van der Waals surface area contributed by atoms with Crippen LogP contribution in [-0.4, -0.2) is 47.2 Å². The molecule has 1 unspecified atom stereocenters. The summed E-state index contributed by atoms with van der Waals surface area (Å²) in [6.07, 6.45) is 3.01. The molecule has 2 aromatic heterocycles. The third kappa shape index (κ3) is 3.65. The van der Waals surface area contributed by atoms with Crippen molar-refractivity contribution in [3.05, 3.63) is 22.7 Å². The lowest BCUT2D eigenvalue weighted by molar-refractivity contribution is -0.143. The highest BCUT2D eigenvalue weighted by molar-refractivity contribution is 7.21. The molecular formula is C20H28N4O2S. The van der Waals surface area contributed by atoms with Crippen LogP contribution >= 0.6 is 11.3 Å². The molecule has 0 radical (unpaired) electrons. The lowest BCUT2D eigenvalue weighted by Gasteiger charge is -2.39. The van der Waals surface area contributed by atoms with Gasteiger partial charge in [-0.25, -0.2) is 4.98 Å². The van der Waals surface area contributed by atoms with Gasteiger partial charge in [0.1, 0.15) is 9.71 Å². The number of carbonyl (C=O) groups is 2. The van der Waals surface area contributed by atoms with Crippen molar-refractivity contribution in [2.24, 2.45) is 5.41 Å². The molecule has 146 valence electrons. The van der Waals surface area contributed by atoms with Gasteiger partial charge in [0.15, 0.2) is 0 Å². The number of fused-ring (bicyclic) bond motifs is 1. The van der Waals surface area contributed by atoms with Crippen molar-refractivity contribution in [2.45, 2.75) is 46.1 Å². The SMILES string of the molecule is CN(C)C(=O)c1sc2nc(C3CCCCN3C(=O)C(C)(C)C)ccc2c1N. The molecule has 0 spiro atoms. The van der Waals surface area contributed by atoms with E-state index in [1.807, 2.05) is 37.8 Å². The fraction of sp³-hybridized carbons (Fsp3) is 0.550. The van der Waals surface area contributed by atoms with Crippen LogP contribution in [0.3, 0.4) is 0 Å². The van der Waals surface area contributed by atoms with E-state index in [9.17, 15) is 9.59 Å². The number of likely N-dealkylation sites (tertiary alicyclic amines) is 1. The molecule has 1 fully saturated rings. The van der Waals surface area contributed by atoms with Gasteiger partial charge in [-0.1, -0.05) is 20.8 Å². The molecule has 0 bridgehead atoms. The molecule has 1 atom stereocenters. The predicted octanol–water partition coefficient (Wildman–Crippen LogP) is 3.68. The van der Waals surface area contributed by atoms with Gasteiger partial charge in [-0.15, -0.1) is 11.3 Å². The maximum Gasteiger partial charge on any atom is 0.265 e. The summed E-state index contributed by atoms with van der Waals surface area (Å²) in [5.41, 5.74) is 7.14. The summed E-state index contributed by atoms with van der Waals surface area (Å²) >= 11 is 1.32. The summed E-state index contributed by atoms with van der Waals surface area (Å²) in [5.74, 6) is 0.0440. The molecule has 1 aliphatic rings. The summed E-state index contributed by atoms with van der Waals surface area (Å²) in [6.45, 7) is 6.63. The number of aromatic nitrogens is 1. The second-order valence-electron chi connectivity index (χ2n) is 8.39. The van der Waals surface area contributed by atoms with Crippen LogP contribution in [0.4, 0.5) is 5.69 Å². The van der Waals surface area contributed by atoms with E-state index in [4.69, 9.17) is 10.7 Å². The average molecular weight is 389 g/mol. The molecule has 27 heavy (non-hydrogen) atoms. The minimum atomic E-state index is -0.418. The molecule has 3 rings (SSSR count). The molecule has 7 heteroatoms. The van der Waals surface area contributed by atoms with Crippen LogP contribution in [0.2, 0.25) is 0 Å². The highest BCUT2D eigenvalue weighted by atomic mass is 32.1. The van der Waals surface area contributed by atoms with Crippen molar-refractivity contribution in [2.75, 3.05) is 26.4 Å². The van der Waals surface area contributed by atoms with Crippen LogP contribution in [0, 0.1) is 5.41 Å². The Morgan fingerprint density at radius 2 is 1.96 bits per heavy atom. The highest BCUT2D eigenvalue weighted by Crippen LogP contribution is 2.37. The van der Waals surface area contributed by atoms with Crippen LogP contribution in [0.5, 0.6) is 0 Å². The van der Waals surface area contributed by atoms with Gasteiger partial charge in [0.25, 0.3) is 5.91 Å². The standard InChI is InChI=1S/C20H28N4O2S/c1-20(2,3)19(26)24-11-7-6-8-14(24)13-10-9-12-15(21)16(18(25)23(4)5)27-17(12)22-13/h9-10,14H,6-8,11,21H2,1-5H3. The van der Waals surface area contributed by atoms with E-state index in [2.05, 4.69) is 0 Å². The lowest BCUT2D eigenvalue weighted by Crippen LogP contribution is -2.44. The molecule has 6 nitrogen and oxygen atoms in total. The summed E-state index contributed by atoms with van der Waals surface area (Å²) in [5, 5.41) is 0.804. The van der Waals surface area contributed by atoms with E-state index in [1.54, 1.807) is 14.1 Å². The van der Waals surface area contributed by atoms with Crippen LogP contribution in [0.25, 0.3) is 10.2 Å². The second-order valence-corrected chi connectivity index (χ2v) is 9.39. The quantitative estimate of drug-likeness (QED) is 0.851. The van der Waals surface area contributed by atoms with Crippen molar-refractivity contribution < 1.29 is 9.59 Å². The number of hydrogen-bond donors (Lipinski definition) is 1. The first kappa shape index (κ1) is 19.6. The van der Waals surface area contributed by atoms with E-state index in [1.165, 1.54) is 16.2 Å². The van der Waals surface area contributed by atoms with Crippen molar-refractivity contribution in [3.8, 4) is 0 Å². The van der Waals surface area contributed by atoms with Crippen LogP contribution < -0.4 is 5.73 Å². The van der Waals surface area contributed by atoms with Gasteiger partial charge in [0.2, 0.25) is 5.91 Å². The smallest absolute Gasteiger partial charge is 0.265 e. The topological polar surface area (TPSA) is 79.5 Å². The largest absolute Gasteiger partial charge is 0.397 e. The number of amides is 2. The zero-order valence-electron chi connectivity index (χ0n) is 16.7. The van der Waals surface area contributed by atoms with E-state index >= 15 is 0 Å². The Morgan fingerprint density at radius 3 is 2.59 bits per heavy atom. The number of thiophene rings is 1. The maximum atomic E-state index is 12.9. The molecule has 0 aliphatic carbocycles. The van der Waals surface area contributed by atoms with Crippen LogP contribution in [0.15, 0.2) is 12.1 Å². The van der Waals surface area contributed by atoms with E-state index < -0.39 is 5.41 Å². The number of hydrogen-bond acceptors (Lipinski definition) is 5. The molecule has 3 heterocycles. The van der Waals surface area contributed by atoms with Gasteiger partial charge < -0.3 is 15.5 Å². The first-order valence-electron chi connectivity index (χ1n) is 9.33. The molecule has 2 amide bonds. The molecule has 2 aromatic rings. The molecule has 0 saturated carbocycles. The fourth-order valence-corrected chi connectivity index (χ4v) is 4.59. The summed E-state index contributed by atoms with van der Waals surface area (Å²) in [7, 11) is 3.42. The van der Waals surface area contributed by atoms with Gasteiger partial charge in [-0.2, -0.15) is 0 Å². The first-order chi connectivity index (χ1) is 12.6. The lowest BCUT2D eigenvalue weighted by atomic mass is 9.90. The second kappa shape index (κ2) is 7.11. The van der Waals surface area contributed by atoms with Crippen molar-refractivity contribution >= 4 is 39.1 Å². The Labute approximate surface area is 164 Å². The minimum Gasteiger partial charge on any atom is -0.397 e. The van der Waals surface area contributed by atoms with E-state index in [0.717, 1.165) is 41.7 Å². The number of piperidine rings is 1. The van der Waals surface area contributed by atoms with Gasteiger partial charge in [-0.3, -0.25) is 9.59 Å². The van der Waals surface area contributed by atoms with Crippen LogP contribution in [0.1, 0.15) is 61.4 Å². The Hall–Kier alpha value is -2.15. The maximum absolute atomic E-state index is 12.9. The number of nitrogens with zero attached hydrogens (tertiary/aromatic N) is 3. The molecule has 1 saturated heterocycles. The molecule has 1 aliphatic heterocycles. The average Bonchev–Trinajstić information content (AvgIpc) is 2.95. The Kier molecular flexibility index (Phi) is 5.16. The molecule has 2 N–H and O–H groups in total. The van der Waals surface area contributed by atoms with Gasteiger partial charge in [0.05, 0.1) is 17.4 Å². The van der Waals surface area contributed by atoms with Crippen molar-refractivity contribution in [1.29, 1.82) is 0 Å². The van der Waals surface area contributed by atoms with Gasteiger partial charge in [-0.05, 0) is 31.4 Å². The normalized spacial score (nSPS) is 18.0. The number of carbonyl (C=O) groups excluding carboxylic acids is 2. The first-order valence-corrected chi connectivity index (χ1v) is 10.1. The van der Waals surface area contributed by atoms with E-state index in [-0.39, 0.29) is 17.9 Å². The fourth-order valence-electron chi connectivity index (χ4n) is 3.47. The number of anilines is 1. The number of rotatable bonds is 2. The Balaban J connectivity index is 2.00. The summed E-state index contributed by atoms with van der Waals surface area (Å²) < 4.78 is 0. The van der Waals surface area contributed by atoms with Crippen LogP contribution in [-0.2, 0) is 4.79 Å². The third-order valence-corrected chi connectivity index (χ3v) is 6.07. The Bertz CT molecular complexity index is 882. The zero-order valence-corrected chi connectivity index (χ0v) is 17.5. The number of nitrogens with two attached hydrogens (primary N) is 1. The predicted molar refractivity (Wildman–Crippen MR) is 110 cm³/mol. The summed E-state index contributed by atoms with van der Waals surface area (Å²) in [4.78, 5) is 34.8. The van der Waals surface area contributed by atoms with Crippen molar-refractivity contribution in [3.63, 3.8) is 0 Å². The third-order valence-electron chi connectivity index (χ3n) is 4.96. The summed E-state index contributed by atoms with van der Waals surface area (Å²) in [6, 6.07) is 3.87.